The van der Waals surface area contributed by atoms with E-state index in [0.29, 0.717) is 10.8 Å². The van der Waals surface area contributed by atoms with Gasteiger partial charge in [0.1, 0.15) is 5.82 Å². The van der Waals surface area contributed by atoms with Crippen molar-refractivity contribution < 1.29 is 9.90 Å². The molecule has 0 saturated heterocycles. The largest absolute Gasteiger partial charge is 0.478 e. The summed E-state index contributed by atoms with van der Waals surface area (Å²) >= 11 is 7.06. The lowest BCUT2D eigenvalue weighted by Gasteiger charge is -2.04. The third kappa shape index (κ3) is 3.42. The lowest BCUT2D eigenvalue weighted by atomic mass is 10.2. The molecule has 2 rings (SSSR count). The second kappa shape index (κ2) is 5.99. The molecule has 1 heterocycles. The summed E-state index contributed by atoms with van der Waals surface area (Å²) in [5, 5.41) is 12.9. The van der Waals surface area contributed by atoms with E-state index in [4.69, 9.17) is 16.7 Å². The minimum atomic E-state index is -1.06. The van der Waals surface area contributed by atoms with Gasteiger partial charge in [-0.25, -0.2) is 9.78 Å². The minimum Gasteiger partial charge on any atom is -0.478 e. The fourth-order valence-corrected chi connectivity index (χ4v) is 2.35. The van der Waals surface area contributed by atoms with Gasteiger partial charge in [0, 0.05) is 23.6 Å². The molecule has 7 heteroatoms. The number of rotatable bonds is 5. The summed E-state index contributed by atoms with van der Waals surface area (Å²) in [6.45, 7) is 2.06. The van der Waals surface area contributed by atoms with E-state index in [1.165, 1.54) is 17.6 Å². The molecule has 0 aliphatic carbocycles. The average molecular weight is 298 g/mol. The van der Waals surface area contributed by atoms with Gasteiger partial charge in [-0.05, 0) is 24.6 Å². The van der Waals surface area contributed by atoms with Crippen LogP contribution in [0.5, 0.6) is 0 Å². The first-order valence-corrected chi connectivity index (χ1v) is 6.87. The van der Waals surface area contributed by atoms with Crippen LogP contribution in [0.3, 0.4) is 0 Å². The van der Waals surface area contributed by atoms with E-state index in [-0.39, 0.29) is 10.6 Å². The molecule has 0 spiro atoms. The number of halogens is 1. The van der Waals surface area contributed by atoms with E-state index in [2.05, 4.69) is 21.6 Å². The monoisotopic (exact) mass is 297 g/mol. The molecule has 0 bridgehead atoms. The fraction of sp³-hybridized carbons (Fsp3) is 0.250. The molecular formula is C12H12ClN3O2S. The number of hydrogen-bond acceptors (Lipinski definition) is 5. The molecule has 0 atom stereocenters. The predicted octanol–water partition coefficient (Wildman–Crippen LogP) is 3.59. The first kappa shape index (κ1) is 13.8. The Labute approximate surface area is 119 Å². The van der Waals surface area contributed by atoms with Gasteiger partial charge >= 0.3 is 5.97 Å². The Kier molecular flexibility index (Phi) is 4.34. The van der Waals surface area contributed by atoms with E-state index in [0.717, 1.165) is 18.7 Å². The molecule has 0 radical (unpaired) electrons. The number of aromatic nitrogens is 2. The molecule has 0 fully saturated rings. The maximum Gasteiger partial charge on any atom is 0.337 e. The lowest BCUT2D eigenvalue weighted by molar-refractivity contribution is 0.0697. The van der Waals surface area contributed by atoms with Gasteiger partial charge in [-0.15, -0.1) is 0 Å². The van der Waals surface area contributed by atoms with Crippen LogP contribution in [-0.2, 0) is 6.42 Å². The maximum absolute atomic E-state index is 11.0. The van der Waals surface area contributed by atoms with Crippen molar-refractivity contribution in [3.8, 4) is 0 Å². The Bertz CT molecular complexity index is 600. The van der Waals surface area contributed by atoms with Gasteiger partial charge in [-0.2, -0.15) is 4.37 Å². The molecule has 2 aromatic rings. The summed E-state index contributed by atoms with van der Waals surface area (Å²) in [6, 6.07) is 4.72. The molecule has 0 saturated carbocycles. The van der Waals surface area contributed by atoms with E-state index >= 15 is 0 Å². The van der Waals surface area contributed by atoms with Crippen LogP contribution in [-0.4, -0.2) is 20.4 Å². The summed E-state index contributed by atoms with van der Waals surface area (Å²) in [5.74, 6) is -0.264. The first-order valence-electron chi connectivity index (χ1n) is 5.72. The number of nitrogens with one attached hydrogen (secondary N) is 1. The van der Waals surface area contributed by atoms with Gasteiger partial charge in [0.25, 0.3) is 0 Å². The molecule has 0 amide bonds. The summed E-state index contributed by atoms with van der Waals surface area (Å²) < 4.78 is 4.20. The van der Waals surface area contributed by atoms with Crippen LogP contribution < -0.4 is 5.32 Å². The van der Waals surface area contributed by atoms with Crippen molar-refractivity contribution in [2.45, 2.75) is 19.8 Å². The zero-order valence-corrected chi connectivity index (χ0v) is 11.8. The number of carboxylic acid groups (broad SMARTS) is 1. The van der Waals surface area contributed by atoms with Crippen molar-refractivity contribution in [3.05, 3.63) is 34.6 Å². The number of aromatic carboxylic acids is 1. The maximum atomic E-state index is 11.0. The Morgan fingerprint density at radius 2 is 2.32 bits per heavy atom. The predicted molar refractivity (Wildman–Crippen MR) is 75.6 cm³/mol. The third-order valence-corrected chi connectivity index (χ3v) is 3.39. The van der Waals surface area contributed by atoms with Crippen LogP contribution in [0.2, 0.25) is 5.02 Å². The highest BCUT2D eigenvalue weighted by Gasteiger charge is 2.10. The Morgan fingerprint density at radius 3 is 3.00 bits per heavy atom. The fourth-order valence-electron chi connectivity index (χ4n) is 1.52. The van der Waals surface area contributed by atoms with Gasteiger partial charge in [0.15, 0.2) is 0 Å². The minimum absolute atomic E-state index is 0.0602. The van der Waals surface area contributed by atoms with Crippen LogP contribution in [0, 0.1) is 0 Å². The average Bonchev–Trinajstić information content (AvgIpc) is 2.79. The van der Waals surface area contributed by atoms with Crippen molar-refractivity contribution in [1.82, 2.24) is 9.36 Å². The number of hydrogen-bond donors (Lipinski definition) is 2. The van der Waals surface area contributed by atoms with Crippen LogP contribution in [0.1, 0.15) is 29.5 Å². The number of aryl methyl sites for hydroxylation is 1. The number of benzene rings is 1. The van der Waals surface area contributed by atoms with Gasteiger partial charge in [0.05, 0.1) is 10.6 Å². The third-order valence-electron chi connectivity index (χ3n) is 2.39. The quantitative estimate of drug-likeness (QED) is 0.882. The van der Waals surface area contributed by atoms with E-state index in [1.807, 2.05) is 0 Å². The van der Waals surface area contributed by atoms with Crippen LogP contribution in [0.25, 0.3) is 0 Å². The van der Waals surface area contributed by atoms with E-state index in [9.17, 15) is 4.79 Å². The topological polar surface area (TPSA) is 75.1 Å². The number of anilines is 2. The Morgan fingerprint density at radius 1 is 1.53 bits per heavy atom. The van der Waals surface area contributed by atoms with E-state index in [1.54, 1.807) is 12.1 Å². The van der Waals surface area contributed by atoms with Crippen LogP contribution in [0.15, 0.2) is 18.2 Å². The summed E-state index contributed by atoms with van der Waals surface area (Å²) in [6.07, 6.45) is 1.82. The van der Waals surface area contributed by atoms with Crippen LogP contribution >= 0.6 is 23.1 Å². The standard InChI is InChI=1S/C12H12ClN3O2S/c1-2-3-10-15-12(19-16-10)14-7-4-5-9(13)8(6-7)11(17)18/h4-6H,2-3H2,1H3,(H,17,18)(H,14,15,16). The SMILES string of the molecule is CCCc1nsc(Nc2ccc(Cl)c(C(=O)O)c2)n1. The first-order chi connectivity index (χ1) is 9.10. The normalized spacial score (nSPS) is 10.4. The van der Waals surface area contributed by atoms with Crippen molar-refractivity contribution in [3.63, 3.8) is 0 Å². The molecule has 100 valence electrons. The molecular weight excluding hydrogens is 286 g/mol. The zero-order chi connectivity index (χ0) is 13.8. The molecule has 2 N–H and O–H groups in total. The highest BCUT2D eigenvalue weighted by Crippen LogP contribution is 2.24. The van der Waals surface area contributed by atoms with Crippen molar-refractivity contribution in [2.75, 3.05) is 5.32 Å². The number of carbonyl (C=O) groups is 1. The molecule has 19 heavy (non-hydrogen) atoms. The summed E-state index contributed by atoms with van der Waals surface area (Å²) in [5.41, 5.74) is 0.686. The van der Waals surface area contributed by atoms with Gasteiger partial charge in [0.2, 0.25) is 5.13 Å². The number of carboxylic acids is 1. The molecule has 0 aliphatic heterocycles. The Hall–Kier alpha value is -1.66. The molecule has 0 aliphatic rings. The number of nitrogens with zero attached hydrogens (tertiary/aromatic N) is 2. The molecule has 1 aromatic heterocycles. The van der Waals surface area contributed by atoms with E-state index < -0.39 is 5.97 Å². The summed E-state index contributed by atoms with van der Waals surface area (Å²) in [4.78, 5) is 15.3. The highest BCUT2D eigenvalue weighted by atomic mass is 35.5. The molecule has 5 nitrogen and oxygen atoms in total. The van der Waals surface area contributed by atoms with Crippen molar-refractivity contribution >= 4 is 39.9 Å². The zero-order valence-electron chi connectivity index (χ0n) is 10.2. The second-order valence-electron chi connectivity index (χ2n) is 3.89. The smallest absolute Gasteiger partial charge is 0.337 e. The molecule has 0 unspecified atom stereocenters. The second-order valence-corrected chi connectivity index (χ2v) is 5.05. The van der Waals surface area contributed by atoms with Gasteiger partial charge < -0.3 is 10.4 Å². The van der Waals surface area contributed by atoms with Crippen molar-refractivity contribution in [1.29, 1.82) is 0 Å². The highest BCUT2D eigenvalue weighted by molar-refractivity contribution is 7.09. The van der Waals surface area contributed by atoms with Crippen molar-refractivity contribution in [2.24, 2.45) is 0 Å². The Balaban J connectivity index is 2.18. The molecule has 1 aromatic carbocycles. The van der Waals surface area contributed by atoms with Gasteiger partial charge in [-0.1, -0.05) is 18.5 Å². The summed E-state index contributed by atoms with van der Waals surface area (Å²) in [7, 11) is 0. The van der Waals surface area contributed by atoms with Gasteiger partial charge in [-0.3, -0.25) is 0 Å². The van der Waals surface area contributed by atoms with Crippen LogP contribution in [0.4, 0.5) is 10.8 Å². The lowest BCUT2D eigenvalue weighted by Crippen LogP contribution is -1.99.